The number of halogens is 1. The first-order chi connectivity index (χ1) is 15.2. The highest BCUT2D eigenvalue weighted by Crippen LogP contribution is 2.32. The topological polar surface area (TPSA) is 98.8 Å². The fourth-order valence-electron chi connectivity index (χ4n) is 3.29. The van der Waals surface area contributed by atoms with Crippen molar-refractivity contribution in [3.05, 3.63) is 77.6 Å². The Morgan fingerprint density at radius 1 is 0.875 bits per heavy atom. The predicted octanol–water partition coefficient (Wildman–Crippen LogP) is 3.22. The van der Waals surface area contributed by atoms with Crippen molar-refractivity contribution in [2.75, 3.05) is 13.3 Å². The molecule has 10 heteroatoms. The molecule has 1 aliphatic rings. The van der Waals surface area contributed by atoms with Crippen LogP contribution in [0.15, 0.2) is 75.4 Å². The summed E-state index contributed by atoms with van der Waals surface area (Å²) in [5.41, 5.74) is 1.26. The summed E-state index contributed by atoms with van der Waals surface area (Å²) < 4.78 is 77.8. The van der Waals surface area contributed by atoms with Gasteiger partial charge in [0.05, 0.1) is 14.7 Å². The normalized spacial score (nSPS) is 13.3. The molecule has 0 aliphatic carbocycles. The molecule has 0 unspecified atom stereocenters. The third kappa shape index (κ3) is 4.47. The number of aryl methyl sites for hydroxylation is 1. The van der Waals surface area contributed by atoms with Crippen molar-refractivity contribution in [1.29, 1.82) is 0 Å². The quantitative estimate of drug-likeness (QED) is 0.525. The number of hydrogen-bond donors (Lipinski definition) is 1. The molecule has 4 rings (SSSR count). The van der Waals surface area contributed by atoms with Gasteiger partial charge in [-0.1, -0.05) is 12.1 Å². The zero-order valence-electron chi connectivity index (χ0n) is 17.0. The summed E-state index contributed by atoms with van der Waals surface area (Å²) >= 11 is 0. The standard InChI is InChI=1S/C22H20FNO6S2/c1-15-2-6-19(31(25,26)18-7-4-17(23)5-8-18)13-22(15)32(27,28)24-11-10-16-3-9-20-21(12-16)30-14-29-20/h2-9,12-13,24H,10-11,14H2,1H3. The van der Waals surface area contributed by atoms with Crippen LogP contribution in [0.5, 0.6) is 11.5 Å². The lowest BCUT2D eigenvalue weighted by Gasteiger charge is -2.12. The number of fused-ring (bicyclic) bond motifs is 1. The van der Waals surface area contributed by atoms with E-state index >= 15 is 0 Å². The van der Waals surface area contributed by atoms with E-state index in [1.54, 1.807) is 19.1 Å². The summed E-state index contributed by atoms with van der Waals surface area (Å²) in [7, 11) is -7.98. The summed E-state index contributed by atoms with van der Waals surface area (Å²) in [4.78, 5) is -0.445. The van der Waals surface area contributed by atoms with Crippen molar-refractivity contribution in [2.24, 2.45) is 0 Å². The van der Waals surface area contributed by atoms with Crippen molar-refractivity contribution in [1.82, 2.24) is 4.72 Å². The molecule has 0 spiro atoms. The summed E-state index contributed by atoms with van der Waals surface area (Å²) in [5, 5.41) is 0. The number of nitrogens with one attached hydrogen (secondary N) is 1. The minimum Gasteiger partial charge on any atom is -0.454 e. The monoisotopic (exact) mass is 477 g/mol. The molecular weight excluding hydrogens is 457 g/mol. The Kier molecular flexibility index (Phi) is 5.93. The lowest BCUT2D eigenvalue weighted by atomic mass is 10.1. The molecule has 1 N–H and O–H groups in total. The molecule has 168 valence electrons. The van der Waals surface area contributed by atoms with Crippen LogP contribution in [0.2, 0.25) is 0 Å². The maximum Gasteiger partial charge on any atom is 0.240 e. The van der Waals surface area contributed by atoms with Gasteiger partial charge in [0.25, 0.3) is 0 Å². The van der Waals surface area contributed by atoms with E-state index in [-0.39, 0.29) is 28.0 Å². The highest BCUT2D eigenvalue weighted by atomic mass is 32.2. The molecule has 0 saturated carbocycles. The molecule has 3 aromatic carbocycles. The Morgan fingerprint density at radius 2 is 1.56 bits per heavy atom. The molecule has 32 heavy (non-hydrogen) atoms. The molecule has 7 nitrogen and oxygen atoms in total. The first-order valence-corrected chi connectivity index (χ1v) is 12.6. The van der Waals surface area contributed by atoms with Crippen molar-refractivity contribution < 1.29 is 30.7 Å². The SMILES string of the molecule is Cc1ccc(S(=O)(=O)c2ccc(F)cc2)cc1S(=O)(=O)NCCc1ccc2c(c1)OCO2. The van der Waals surface area contributed by atoms with Gasteiger partial charge in [0.1, 0.15) is 5.82 Å². The zero-order chi connectivity index (χ0) is 22.9. The first-order valence-electron chi connectivity index (χ1n) is 9.66. The number of sulfonamides is 1. The second kappa shape index (κ2) is 8.53. The molecule has 1 heterocycles. The highest BCUT2D eigenvalue weighted by Gasteiger charge is 2.23. The van der Waals surface area contributed by atoms with Gasteiger partial charge < -0.3 is 9.47 Å². The van der Waals surface area contributed by atoms with E-state index in [9.17, 15) is 21.2 Å². The van der Waals surface area contributed by atoms with Gasteiger partial charge in [0.15, 0.2) is 11.5 Å². The maximum absolute atomic E-state index is 13.2. The third-order valence-electron chi connectivity index (χ3n) is 5.03. The Balaban J connectivity index is 1.53. The van der Waals surface area contributed by atoms with Crippen molar-refractivity contribution >= 4 is 19.9 Å². The molecular formula is C22H20FNO6S2. The molecule has 0 radical (unpaired) electrons. The molecule has 0 aromatic heterocycles. The minimum atomic E-state index is -4.01. The number of hydrogen-bond acceptors (Lipinski definition) is 6. The molecule has 0 saturated heterocycles. The summed E-state index contributed by atoms with van der Waals surface area (Å²) in [5.74, 6) is 0.687. The van der Waals surface area contributed by atoms with Crippen LogP contribution in [-0.4, -0.2) is 30.2 Å². The molecule has 0 amide bonds. The fraction of sp³-hybridized carbons (Fsp3) is 0.182. The second-order valence-corrected chi connectivity index (χ2v) is 10.9. The maximum atomic E-state index is 13.2. The van der Waals surface area contributed by atoms with Gasteiger partial charge in [-0.3, -0.25) is 0 Å². The number of rotatable bonds is 7. The van der Waals surface area contributed by atoms with Crippen LogP contribution in [0.3, 0.4) is 0 Å². The number of benzene rings is 3. The Morgan fingerprint density at radius 3 is 2.31 bits per heavy atom. The lowest BCUT2D eigenvalue weighted by molar-refractivity contribution is 0.174. The van der Waals surface area contributed by atoms with E-state index in [2.05, 4.69) is 4.72 Å². The molecule has 0 bridgehead atoms. The van der Waals surface area contributed by atoms with Gasteiger partial charge in [-0.15, -0.1) is 0 Å². The zero-order valence-corrected chi connectivity index (χ0v) is 18.7. The number of sulfone groups is 1. The minimum absolute atomic E-state index is 0.107. The predicted molar refractivity (Wildman–Crippen MR) is 114 cm³/mol. The van der Waals surface area contributed by atoms with Gasteiger partial charge >= 0.3 is 0 Å². The molecule has 0 atom stereocenters. The molecule has 1 aliphatic heterocycles. The Labute approximate surface area is 185 Å². The van der Waals surface area contributed by atoms with E-state index in [0.717, 1.165) is 35.9 Å². The van der Waals surface area contributed by atoms with Crippen molar-refractivity contribution in [3.63, 3.8) is 0 Å². The highest BCUT2D eigenvalue weighted by molar-refractivity contribution is 7.91. The van der Waals surface area contributed by atoms with Crippen LogP contribution < -0.4 is 14.2 Å². The van der Waals surface area contributed by atoms with Gasteiger partial charge in [0.2, 0.25) is 26.7 Å². The van der Waals surface area contributed by atoms with Gasteiger partial charge in [-0.05, 0) is 73.0 Å². The Bertz CT molecular complexity index is 1370. The van der Waals surface area contributed by atoms with Crippen molar-refractivity contribution in [3.8, 4) is 11.5 Å². The second-order valence-electron chi connectivity index (χ2n) is 7.22. The lowest BCUT2D eigenvalue weighted by Crippen LogP contribution is -2.27. The van der Waals surface area contributed by atoms with Gasteiger partial charge in [0, 0.05) is 6.54 Å². The van der Waals surface area contributed by atoms with Crippen LogP contribution in [0.25, 0.3) is 0 Å². The molecule has 3 aromatic rings. The average molecular weight is 478 g/mol. The van der Waals surface area contributed by atoms with Crippen LogP contribution >= 0.6 is 0 Å². The van der Waals surface area contributed by atoms with Crippen LogP contribution in [0, 0.1) is 12.7 Å². The van der Waals surface area contributed by atoms with E-state index in [1.165, 1.54) is 12.1 Å². The third-order valence-corrected chi connectivity index (χ3v) is 8.40. The Hall–Kier alpha value is -2.95. The fourth-order valence-corrected chi connectivity index (χ4v) is 5.95. The average Bonchev–Trinajstić information content (AvgIpc) is 3.22. The van der Waals surface area contributed by atoms with Crippen molar-refractivity contribution in [2.45, 2.75) is 28.0 Å². The van der Waals surface area contributed by atoms with Crippen LogP contribution in [-0.2, 0) is 26.3 Å². The van der Waals surface area contributed by atoms with Crippen LogP contribution in [0.4, 0.5) is 4.39 Å². The van der Waals surface area contributed by atoms with Gasteiger partial charge in [-0.25, -0.2) is 25.9 Å². The summed E-state index contributed by atoms with van der Waals surface area (Å²) in [6.07, 6.45) is 0.405. The largest absolute Gasteiger partial charge is 0.454 e. The van der Waals surface area contributed by atoms with E-state index in [4.69, 9.17) is 9.47 Å². The number of ether oxygens (including phenoxy) is 2. The molecule has 0 fully saturated rings. The summed E-state index contributed by atoms with van der Waals surface area (Å²) in [6.45, 7) is 1.85. The first kappa shape index (κ1) is 22.3. The van der Waals surface area contributed by atoms with Crippen LogP contribution in [0.1, 0.15) is 11.1 Å². The van der Waals surface area contributed by atoms with E-state index in [1.807, 2.05) is 6.07 Å². The van der Waals surface area contributed by atoms with E-state index in [0.29, 0.717) is 23.5 Å². The van der Waals surface area contributed by atoms with Gasteiger partial charge in [-0.2, -0.15) is 0 Å². The summed E-state index contributed by atoms with van der Waals surface area (Å²) in [6, 6.07) is 13.6. The van der Waals surface area contributed by atoms with E-state index < -0.39 is 25.7 Å². The smallest absolute Gasteiger partial charge is 0.240 e.